The first kappa shape index (κ1) is 57.1. The van der Waals surface area contributed by atoms with Crippen LogP contribution >= 0.6 is 7.82 Å². The lowest BCUT2D eigenvalue weighted by molar-refractivity contribution is -0.870. The number of esters is 2. The Morgan fingerprint density at radius 3 is 1.64 bits per heavy atom. The number of quaternary nitrogens is 1. The van der Waals surface area contributed by atoms with Gasteiger partial charge in [-0.15, -0.1) is 0 Å². The molecule has 10 nitrogen and oxygen atoms in total. The molecule has 0 aliphatic carbocycles. The molecule has 0 bridgehead atoms. The highest BCUT2D eigenvalue weighted by Gasteiger charge is 2.27. The Kier molecular flexibility index (Phi) is 37.6. The Morgan fingerprint density at radius 1 is 0.574 bits per heavy atom. The molecule has 2 atom stereocenters. The van der Waals surface area contributed by atoms with Crippen molar-refractivity contribution in [3.63, 3.8) is 0 Å². The highest BCUT2D eigenvalue weighted by atomic mass is 31.2. The van der Waals surface area contributed by atoms with Gasteiger partial charge in [0.05, 0.1) is 27.7 Å². The molecule has 0 heterocycles. The Bertz CT molecular complexity index is 1510. The summed E-state index contributed by atoms with van der Waals surface area (Å²) in [7, 11) is 1.28. The van der Waals surface area contributed by atoms with E-state index in [1.165, 1.54) is 25.3 Å². The Labute approximate surface area is 369 Å². The van der Waals surface area contributed by atoms with Crippen molar-refractivity contribution in [2.75, 3.05) is 47.5 Å². The van der Waals surface area contributed by atoms with Crippen molar-refractivity contribution < 1.29 is 46.8 Å². The fraction of sp³-hybridized carbons (Fsp3) is 0.540. The number of unbranched alkanes of at least 4 members (excludes halogenated alkanes) is 3. The molecule has 342 valence electrons. The third-order valence-corrected chi connectivity index (χ3v) is 9.45. The Morgan fingerprint density at radius 2 is 1.10 bits per heavy atom. The maximum absolute atomic E-state index is 12.7. The summed E-state index contributed by atoms with van der Waals surface area (Å²) >= 11 is 0. The van der Waals surface area contributed by atoms with Crippen molar-refractivity contribution in [2.45, 2.75) is 129 Å². The van der Waals surface area contributed by atoms with E-state index in [0.717, 1.165) is 57.8 Å². The van der Waals surface area contributed by atoms with Crippen molar-refractivity contribution in [3.8, 4) is 0 Å². The molecular weight excluding hydrogens is 790 g/mol. The van der Waals surface area contributed by atoms with Crippen LogP contribution in [-0.4, -0.2) is 80.7 Å². The van der Waals surface area contributed by atoms with E-state index in [0.29, 0.717) is 17.4 Å². The fourth-order valence-electron chi connectivity index (χ4n) is 4.99. The first-order chi connectivity index (χ1) is 29.4. The average Bonchev–Trinajstić information content (AvgIpc) is 3.21. The lowest BCUT2D eigenvalue weighted by Gasteiger charge is -2.24. The molecule has 11 heteroatoms. The maximum Gasteiger partial charge on any atom is 0.472 e. The standard InChI is InChI=1S/C50H78NO9P/c1-6-8-10-12-14-16-18-20-21-22-23-24-25-27-29-31-33-35-37-41-50(54)60-48(46-59-61(55,56)58-44-43-51(3,4)5)45-57-49(53)42-38-40-47(52)39-36-34-32-30-28-26-19-17-15-13-11-9-7-2/h8,10,14-17,20-21,23-24,26-29,32-36,39,48H,6-7,9,11-13,18-19,22,25,30-31,37-38,40-46H2,1-5H3/p+1/b10-8-,16-14-,17-15-,21-20-,24-23-,28-26-,29-27-,34-32-,35-33-,39-36+/t48-/m1/s1. The molecule has 0 fully saturated rings. The molecule has 0 saturated heterocycles. The monoisotopic (exact) mass is 869 g/mol. The van der Waals surface area contributed by atoms with Crippen molar-refractivity contribution in [3.05, 3.63) is 122 Å². The van der Waals surface area contributed by atoms with Gasteiger partial charge in [-0.2, -0.15) is 0 Å². The second-order valence-electron chi connectivity index (χ2n) is 15.4. The van der Waals surface area contributed by atoms with Crippen molar-refractivity contribution in [1.29, 1.82) is 0 Å². The molecular formula is C50H79NO9P+. The summed E-state index contributed by atoms with van der Waals surface area (Å²) in [4.78, 5) is 47.6. The number of ether oxygens (including phenoxy) is 2. The topological polar surface area (TPSA) is 125 Å². The van der Waals surface area contributed by atoms with Crippen molar-refractivity contribution in [1.82, 2.24) is 0 Å². The van der Waals surface area contributed by atoms with Crippen LogP contribution in [0.3, 0.4) is 0 Å². The van der Waals surface area contributed by atoms with E-state index >= 15 is 0 Å². The van der Waals surface area contributed by atoms with E-state index in [1.54, 1.807) is 6.08 Å². The smallest absolute Gasteiger partial charge is 0.462 e. The fourth-order valence-corrected chi connectivity index (χ4v) is 5.73. The molecule has 1 N–H and O–H groups in total. The Balaban J connectivity index is 4.70. The van der Waals surface area contributed by atoms with Crippen LogP contribution in [0.15, 0.2) is 122 Å². The second kappa shape index (κ2) is 40.2. The summed E-state index contributed by atoms with van der Waals surface area (Å²) < 4.78 is 34.0. The summed E-state index contributed by atoms with van der Waals surface area (Å²) in [5.41, 5.74) is 0. The highest BCUT2D eigenvalue weighted by Crippen LogP contribution is 2.43. The van der Waals surface area contributed by atoms with Gasteiger partial charge in [0, 0.05) is 19.3 Å². The molecule has 0 aliphatic rings. The minimum Gasteiger partial charge on any atom is -0.462 e. The molecule has 0 aliphatic heterocycles. The number of carbonyl (C=O) groups is 3. The third-order valence-electron chi connectivity index (χ3n) is 8.47. The molecule has 0 rings (SSSR count). The van der Waals surface area contributed by atoms with E-state index in [-0.39, 0.29) is 44.7 Å². The van der Waals surface area contributed by atoms with Gasteiger partial charge in [0.15, 0.2) is 11.9 Å². The lowest BCUT2D eigenvalue weighted by Crippen LogP contribution is -2.37. The molecule has 0 aromatic heterocycles. The van der Waals surface area contributed by atoms with Gasteiger partial charge in [0.2, 0.25) is 0 Å². The molecule has 0 aromatic carbocycles. The number of phosphoric acid groups is 1. The molecule has 0 spiro atoms. The minimum absolute atomic E-state index is 0.0237. The van der Waals surface area contributed by atoms with Crippen LogP contribution in [-0.2, 0) is 37.5 Å². The molecule has 0 radical (unpaired) electrons. The number of likely N-dealkylation sites (N-methyl/N-ethyl adjacent to an activating group) is 1. The number of ketones is 1. The van der Waals surface area contributed by atoms with Gasteiger partial charge in [-0.3, -0.25) is 23.4 Å². The number of allylic oxidation sites excluding steroid dienone is 20. The van der Waals surface area contributed by atoms with Crippen LogP contribution in [0.4, 0.5) is 0 Å². The molecule has 0 amide bonds. The van der Waals surface area contributed by atoms with E-state index < -0.39 is 32.5 Å². The van der Waals surface area contributed by atoms with Crippen LogP contribution in [0, 0.1) is 0 Å². The van der Waals surface area contributed by atoms with Crippen LogP contribution in [0.5, 0.6) is 0 Å². The van der Waals surface area contributed by atoms with Crippen LogP contribution in [0.1, 0.15) is 123 Å². The van der Waals surface area contributed by atoms with Crippen LogP contribution in [0.25, 0.3) is 0 Å². The number of carbonyl (C=O) groups excluding carboxylic acids is 3. The first-order valence-electron chi connectivity index (χ1n) is 22.2. The zero-order valence-electron chi connectivity index (χ0n) is 38.1. The molecule has 61 heavy (non-hydrogen) atoms. The quantitative estimate of drug-likeness (QED) is 0.0123. The number of hydrogen-bond acceptors (Lipinski definition) is 8. The van der Waals surface area contributed by atoms with Crippen LogP contribution < -0.4 is 0 Å². The van der Waals surface area contributed by atoms with Crippen molar-refractivity contribution >= 4 is 25.5 Å². The molecule has 0 aromatic rings. The van der Waals surface area contributed by atoms with Crippen molar-refractivity contribution in [2.24, 2.45) is 0 Å². The van der Waals surface area contributed by atoms with Gasteiger partial charge in [-0.25, -0.2) is 4.57 Å². The predicted molar refractivity (Wildman–Crippen MR) is 252 cm³/mol. The molecule has 0 saturated carbocycles. The largest absolute Gasteiger partial charge is 0.472 e. The van der Waals surface area contributed by atoms with Crippen LogP contribution in [0.2, 0.25) is 0 Å². The SMILES string of the molecule is CC/C=C\C/C=C\C/C=C\C/C=C\C/C=C\C/C=C\CCC(=O)O[C@H](COC(=O)CCCC(=O)/C=C/C=C\C/C=C\C/C=C\CCCCC)COP(=O)(O)OCC[N+](C)(C)C. The zero-order valence-corrected chi connectivity index (χ0v) is 39.0. The number of nitrogens with zero attached hydrogens (tertiary/aromatic N) is 1. The normalized spacial score (nSPS) is 14.6. The van der Waals surface area contributed by atoms with E-state index in [2.05, 4.69) is 98.9 Å². The lowest BCUT2D eigenvalue weighted by atomic mass is 10.1. The van der Waals surface area contributed by atoms with Gasteiger partial charge in [0.25, 0.3) is 0 Å². The second-order valence-corrected chi connectivity index (χ2v) is 16.8. The predicted octanol–water partition coefficient (Wildman–Crippen LogP) is 12.1. The van der Waals surface area contributed by atoms with E-state index in [9.17, 15) is 23.8 Å². The average molecular weight is 869 g/mol. The summed E-state index contributed by atoms with van der Waals surface area (Å²) in [6, 6.07) is 0. The zero-order chi connectivity index (χ0) is 45.1. The number of phosphoric ester groups is 1. The van der Waals surface area contributed by atoms with Gasteiger partial charge < -0.3 is 18.9 Å². The highest BCUT2D eigenvalue weighted by molar-refractivity contribution is 7.47. The number of hydrogen-bond donors (Lipinski definition) is 1. The first-order valence-corrected chi connectivity index (χ1v) is 23.7. The van der Waals surface area contributed by atoms with Gasteiger partial charge >= 0.3 is 19.8 Å². The molecule has 1 unspecified atom stereocenters. The van der Waals surface area contributed by atoms with Gasteiger partial charge in [-0.05, 0) is 83.1 Å². The minimum atomic E-state index is -4.46. The third kappa shape index (κ3) is 44.0. The van der Waals surface area contributed by atoms with E-state index in [1.807, 2.05) is 45.4 Å². The summed E-state index contributed by atoms with van der Waals surface area (Å²) in [6.07, 6.45) is 52.7. The summed E-state index contributed by atoms with van der Waals surface area (Å²) in [6.45, 7) is 3.87. The van der Waals surface area contributed by atoms with Gasteiger partial charge in [-0.1, -0.05) is 142 Å². The summed E-state index contributed by atoms with van der Waals surface area (Å²) in [5.74, 6) is -1.28. The number of rotatable bonds is 38. The summed E-state index contributed by atoms with van der Waals surface area (Å²) in [5, 5.41) is 0. The van der Waals surface area contributed by atoms with Gasteiger partial charge in [0.1, 0.15) is 19.8 Å². The maximum atomic E-state index is 12.7. The Hall–Kier alpha value is -3.92. The van der Waals surface area contributed by atoms with E-state index in [4.69, 9.17) is 18.5 Å².